The topological polar surface area (TPSA) is 121 Å². The van der Waals surface area contributed by atoms with Crippen molar-refractivity contribution < 1.29 is 23.8 Å². The molecule has 0 saturated carbocycles. The highest BCUT2D eigenvalue weighted by Crippen LogP contribution is 2.32. The van der Waals surface area contributed by atoms with Gasteiger partial charge in [-0.1, -0.05) is 18.2 Å². The van der Waals surface area contributed by atoms with E-state index in [2.05, 4.69) is 10.6 Å². The van der Waals surface area contributed by atoms with Gasteiger partial charge in [-0.25, -0.2) is 4.39 Å². The van der Waals surface area contributed by atoms with Crippen LogP contribution in [0.15, 0.2) is 89.3 Å². The van der Waals surface area contributed by atoms with E-state index in [1.54, 1.807) is 18.2 Å². The number of halogens is 1. The first kappa shape index (κ1) is 21.8. The van der Waals surface area contributed by atoms with E-state index in [9.17, 15) is 19.4 Å². The van der Waals surface area contributed by atoms with Crippen LogP contribution in [0.2, 0.25) is 0 Å². The highest BCUT2D eigenvalue weighted by molar-refractivity contribution is 6.06. The molecule has 0 atom stereocenters. The van der Waals surface area contributed by atoms with Crippen molar-refractivity contribution in [1.82, 2.24) is 0 Å². The van der Waals surface area contributed by atoms with Crippen molar-refractivity contribution in [3.05, 3.63) is 96.5 Å². The van der Waals surface area contributed by atoms with Gasteiger partial charge in [0.25, 0.3) is 5.91 Å². The number of phenols is 2. The maximum Gasteiger partial charge on any atom is 0.291 e. The Kier molecular flexibility index (Phi) is 5.46. The predicted molar refractivity (Wildman–Crippen MR) is 133 cm³/mol. The molecule has 1 amide bonds. The third-order valence-electron chi connectivity index (χ3n) is 5.49. The monoisotopic (exact) mass is 469 g/mol. The molecule has 0 aliphatic rings. The molecule has 1 aromatic heterocycles. The lowest BCUT2D eigenvalue weighted by molar-refractivity contribution is 0.0998. The van der Waals surface area contributed by atoms with E-state index >= 15 is 0 Å². The minimum Gasteiger partial charge on any atom is -0.504 e. The van der Waals surface area contributed by atoms with E-state index in [0.717, 1.165) is 28.6 Å². The van der Waals surface area contributed by atoms with E-state index in [-0.39, 0.29) is 28.6 Å². The van der Waals surface area contributed by atoms with Crippen LogP contribution in [0.4, 0.5) is 27.1 Å². The van der Waals surface area contributed by atoms with E-state index in [1.807, 2.05) is 36.4 Å². The molecule has 5 rings (SSSR count). The zero-order valence-electron chi connectivity index (χ0n) is 18.2. The van der Waals surface area contributed by atoms with Crippen LogP contribution < -0.4 is 16.4 Å². The van der Waals surface area contributed by atoms with Gasteiger partial charge in [0.15, 0.2) is 17.3 Å². The Hall–Kier alpha value is -4.98. The Balaban J connectivity index is 1.32. The van der Waals surface area contributed by atoms with Gasteiger partial charge in [0.1, 0.15) is 11.4 Å². The Labute approximate surface area is 199 Å². The van der Waals surface area contributed by atoms with Crippen LogP contribution in [0.3, 0.4) is 0 Å². The third kappa shape index (κ3) is 4.58. The second kappa shape index (κ2) is 8.75. The van der Waals surface area contributed by atoms with Gasteiger partial charge in [0, 0.05) is 16.8 Å². The summed E-state index contributed by atoms with van der Waals surface area (Å²) < 4.78 is 19.1. The van der Waals surface area contributed by atoms with Crippen molar-refractivity contribution in [1.29, 1.82) is 0 Å². The van der Waals surface area contributed by atoms with Gasteiger partial charge in [0.2, 0.25) is 0 Å². The molecule has 35 heavy (non-hydrogen) atoms. The number of nitrogen functional groups attached to an aromatic ring is 1. The summed E-state index contributed by atoms with van der Waals surface area (Å²) in [6.07, 6.45) is 0. The number of amides is 1. The zero-order chi connectivity index (χ0) is 24.5. The molecule has 8 heteroatoms. The normalized spacial score (nSPS) is 10.9. The molecule has 0 aliphatic carbocycles. The summed E-state index contributed by atoms with van der Waals surface area (Å²) >= 11 is 0. The number of hydrogen-bond donors (Lipinski definition) is 5. The van der Waals surface area contributed by atoms with Gasteiger partial charge in [-0.05, 0) is 77.9 Å². The van der Waals surface area contributed by atoms with Gasteiger partial charge in [-0.2, -0.15) is 0 Å². The molecule has 0 radical (unpaired) electrons. The fourth-order valence-electron chi connectivity index (χ4n) is 3.67. The molecule has 0 bridgehead atoms. The van der Waals surface area contributed by atoms with Crippen molar-refractivity contribution in [2.24, 2.45) is 0 Å². The average molecular weight is 469 g/mol. The van der Waals surface area contributed by atoms with Crippen molar-refractivity contribution in [3.63, 3.8) is 0 Å². The van der Waals surface area contributed by atoms with Crippen LogP contribution in [-0.4, -0.2) is 16.1 Å². The Morgan fingerprint density at radius 1 is 0.800 bits per heavy atom. The zero-order valence-corrected chi connectivity index (χ0v) is 18.2. The summed E-state index contributed by atoms with van der Waals surface area (Å²) in [6.45, 7) is 0. The molecule has 1 heterocycles. The number of hydrogen-bond acceptors (Lipinski definition) is 6. The van der Waals surface area contributed by atoms with Gasteiger partial charge >= 0.3 is 0 Å². The van der Waals surface area contributed by atoms with Gasteiger partial charge in [-0.15, -0.1) is 0 Å². The molecule has 7 nitrogen and oxygen atoms in total. The number of carbonyl (C=O) groups excluding carboxylic acids is 1. The van der Waals surface area contributed by atoms with E-state index in [4.69, 9.17) is 10.2 Å². The average Bonchev–Trinajstić information content (AvgIpc) is 3.27. The van der Waals surface area contributed by atoms with Crippen LogP contribution in [0.1, 0.15) is 10.6 Å². The van der Waals surface area contributed by atoms with Crippen LogP contribution >= 0.6 is 0 Å². The van der Waals surface area contributed by atoms with E-state index < -0.39 is 11.7 Å². The van der Waals surface area contributed by atoms with Crippen LogP contribution in [-0.2, 0) is 0 Å². The maximum absolute atomic E-state index is 13.5. The summed E-state index contributed by atoms with van der Waals surface area (Å²) in [5.41, 5.74) is 10.0. The van der Waals surface area contributed by atoms with Crippen molar-refractivity contribution in [2.75, 3.05) is 16.4 Å². The van der Waals surface area contributed by atoms with E-state index in [0.29, 0.717) is 11.0 Å². The van der Waals surface area contributed by atoms with Gasteiger partial charge in [-0.3, -0.25) is 4.79 Å². The molecule has 6 N–H and O–H groups in total. The van der Waals surface area contributed by atoms with Crippen LogP contribution in [0, 0.1) is 5.82 Å². The standard InChI is InChI=1S/C27H20FN3O4/c28-18-4-8-21(29)22(14-18)31-27(34)26-13-17-11-20(7-10-25(17)35-26)30-19-5-1-15(2-6-19)16-3-9-23(32)24(33)12-16/h1-14,30,32-33H,29H2,(H,31,34). The summed E-state index contributed by atoms with van der Waals surface area (Å²) in [4.78, 5) is 12.6. The first-order valence-electron chi connectivity index (χ1n) is 10.7. The maximum atomic E-state index is 13.5. The molecular formula is C27H20FN3O4. The minimum atomic E-state index is -0.538. The largest absolute Gasteiger partial charge is 0.504 e. The molecular weight excluding hydrogens is 449 g/mol. The second-order valence-corrected chi connectivity index (χ2v) is 7.95. The number of furan rings is 1. The molecule has 5 aromatic rings. The summed E-state index contributed by atoms with van der Waals surface area (Å²) in [5.74, 6) is -1.32. The number of anilines is 4. The molecule has 0 spiro atoms. The van der Waals surface area contributed by atoms with Gasteiger partial charge in [0.05, 0.1) is 11.4 Å². The number of fused-ring (bicyclic) bond motifs is 1. The van der Waals surface area contributed by atoms with E-state index in [1.165, 1.54) is 24.3 Å². The number of aromatic hydroxyl groups is 2. The highest BCUT2D eigenvalue weighted by Gasteiger charge is 2.15. The molecule has 174 valence electrons. The second-order valence-electron chi connectivity index (χ2n) is 7.95. The number of benzene rings is 4. The van der Waals surface area contributed by atoms with Crippen molar-refractivity contribution in [2.45, 2.75) is 0 Å². The summed E-state index contributed by atoms with van der Waals surface area (Å²) in [6, 6.07) is 23.0. The highest BCUT2D eigenvalue weighted by atomic mass is 19.1. The lowest BCUT2D eigenvalue weighted by Gasteiger charge is -2.08. The molecule has 0 unspecified atom stereocenters. The Morgan fingerprint density at radius 2 is 1.54 bits per heavy atom. The summed E-state index contributed by atoms with van der Waals surface area (Å²) in [7, 11) is 0. The SMILES string of the molecule is Nc1ccc(F)cc1NC(=O)c1cc2cc(Nc3ccc(-c4ccc(O)c(O)c4)cc3)ccc2o1. The quantitative estimate of drug-likeness (QED) is 0.154. The first-order chi connectivity index (χ1) is 16.9. The van der Waals surface area contributed by atoms with Crippen LogP contribution in [0.5, 0.6) is 11.5 Å². The smallest absolute Gasteiger partial charge is 0.291 e. The lowest BCUT2D eigenvalue weighted by Crippen LogP contribution is -2.12. The number of nitrogens with two attached hydrogens (primary N) is 1. The number of rotatable bonds is 5. The van der Waals surface area contributed by atoms with Gasteiger partial charge < -0.3 is 31.0 Å². The van der Waals surface area contributed by atoms with Crippen molar-refractivity contribution in [3.8, 4) is 22.6 Å². The predicted octanol–water partition coefficient (Wildman–Crippen LogP) is 6.23. The number of phenolic OH excluding ortho intramolecular Hbond substituents is 2. The molecule has 0 aliphatic heterocycles. The third-order valence-corrected chi connectivity index (χ3v) is 5.49. The Bertz CT molecular complexity index is 1560. The fourth-order valence-corrected chi connectivity index (χ4v) is 3.67. The molecule has 0 saturated heterocycles. The lowest BCUT2D eigenvalue weighted by atomic mass is 10.0. The van der Waals surface area contributed by atoms with Crippen LogP contribution in [0.25, 0.3) is 22.1 Å². The minimum absolute atomic E-state index is 0.0716. The molecule has 0 fully saturated rings. The fraction of sp³-hybridized carbons (Fsp3) is 0. The first-order valence-corrected chi connectivity index (χ1v) is 10.7. The number of carbonyl (C=O) groups is 1. The van der Waals surface area contributed by atoms with Crippen molar-refractivity contribution >= 4 is 39.6 Å². The Morgan fingerprint density at radius 3 is 2.31 bits per heavy atom. The number of nitrogens with one attached hydrogen (secondary N) is 2. The molecule has 4 aromatic carbocycles. The summed E-state index contributed by atoms with van der Waals surface area (Å²) in [5, 5.41) is 25.8.